The summed E-state index contributed by atoms with van der Waals surface area (Å²) in [6.07, 6.45) is 1.88. The zero-order valence-corrected chi connectivity index (χ0v) is 14.6. The second-order valence-corrected chi connectivity index (χ2v) is 7.59. The van der Waals surface area contributed by atoms with Gasteiger partial charge in [-0.15, -0.1) is 11.3 Å². The molecule has 122 valence electrons. The quantitative estimate of drug-likeness (QED) is 0.862. The molecule has 0 bridgehead atoms. The number of thiazole rings is 1. The third kappa shape index (κ3) is 2.93. The molecule has 4 heterocycles. The number of pyridine rings is 1. The van der Waals surface area contributed by atoms with Crippen molar-refractivity contribution in [3.8, 4) is 0 Å². The average molecular weight is 329 g/mol. The smallest absolute Gasteiger partial charge is 0.185 e. The minimum absolute atomic E-state index is 0.686. The van der Waals surface area contributed by atoms with Crippen molar-refractivity contribution in [2.75, 3.05) is 49.1 Å². The number of aromatic nitrogens is 2. The molecule has 2 aromatic rings. The van der Waals surface area contributed by atoms with Gasteiger partial charge in [0.25, 0.3) is 0 Å². The van der Waals surface area contributed by atoms with Gasteiger partial charge in [-0.05, 0) is 26.0 Å². The Morgan fingerprint density at radius 1 is 1.04 bits per heavy atom. The Labute approximate surface area is 141 Å². The molecule has 0 saturated carbocycles. The molecule has 0 radical (unpaired) electrons. The third-order valence-electron chi connectivity index (χ3n) is 4.95. The van der Waals surface area contributed by atoms with Crippen molar-refractivity contribution < 1.29 is 0 Å². The van der Waals surface area contributed by atoms with Crippen LogP contribution in [-0.4, -0.2) is 60.2 Å². The van der Waals surface area contributed by atoms with E-state index in [1.165, 1.54) is 15.7 Å². The molecule has 0 aromatic carbocycles. The van der Waals surface area contributed by atoms with Crippen molar-refractivity contribution in [3.63, 3.8) is 0 Å². The van der Waals surface area contributed by atoms with Crippen LogP contribution in [0.5, 0.6) is 0 Å². The molecule has 5 nitrogen and oxygen atoms in total. The molecule has 2 saturated heterocycles. The monoisotopic (exact) mass is 329 g/mol. The molecule has 2 aromatic heterocycles. The van der Waals surface area contributed by atoms with E-state index < -0.39 is 0 Å². The maximum Gasteiger partial charge on any atom is 0.185 e. The molecule has 2 aliphatic heterocycles. The number of aryl methyl sites for hydroxylation is 2. The lowest BCUT2D eigenvalue weighted by Crippen LogP contribution is -2.63. The van der Waals surface area contributed by atoms with Crippen molar-refractivity contribution in [1.82, 2.24) is 14.9 Å². The lowest BCUT2D eigenvalue weighted by atomic mass is 10.1. The highest BCUT2D eigenvalue weighted by Crippen LogP contribution is 2.30. The summed E-state index contributed by atoms with van der Waals surface area (Å²) in [5, 5.41) is 1.20. The van der Waals surface area contributed by atoms with E-state index in [2.05, 4.69) is 50.6 Å². The van der Waals surface area contributed by atoms with E-state index >= 15 is 0 Å². The van der Waals surface area contributed by atoms with Gasteiger partial charge in [-0.3, -0.25) is 4.90 Å². The maximum atomic E-state index is 4.67. The lowest BCUT2D eigenvalue weighted by molar-refractivity contribution is 0.157. The second kappa shape index (κ2) is 6.09. The Hall–Kier alpha value is -1.66. The van der Waals surface area contributed by atoms with Gasteiger partial charge in [0.05, 0.1) is 5.69 Å². The SMILES string of the molecule is Cc1nc(N2CC(N3CCN(c4ccccn4)CC3)C2)sc1C. The first-order valence-electron chi connectivity index (χ1n) is 8.30. The summed E-state index contributed by atoms with van der Waals surface area (Å²) < 4.78 is 0. The number of hydrogen-bond donors (Lipinski definition) is 0. The highest BCUT2D eigenvalue weighted by molar-refractivity contribution is 7.15. The first-order valence-corrected chi connectivity index (χ1v) is 9.11. The predicted molar refractivity (Wildman–Crippen MR) is 95.6 cm³/mol. The minimum Gasteiger partial charge on any atom is -0.354 e. The Kier molecular flexibility index (Phi) is 3.95. The molecule has 2 fully saturated rings. The summed E-state index contributed by atoms with van der Waals surface area (Å²) >= 11 is 1.82. The van der Waals surface area contributed by atoms with Crippen LogP contribution in [0, 0.1) is 13.8 Å². The fraction of sp³-hybridized carbons (Fsp3) is 0.529. The van der Waals surface area contributed by atoms with Crippen LogP contribution in [0.4, 0.5) is 10.9 Å². The molecule has 0 spiro atoms. The number of anilines is 2. The molecule has 0 amide bonds. The molecule has 0 aliphatic carbocycles. The fourth-order valence-electron chi connectivity index (χ4n) is 3.29. The van der Waals surface area contributed by atoms with Crippen molar-refractivity contribution >= 4 is 22.3 Å². The predicted octanol–water partition coefficient (Wildman–Crippen LogP) is 2.17. The zero-order chi connectivity index (χ0) is 15.8. The Bertz CT molecular complexity index is 637. The Morgan fingerprint density at radius 3 is 2.43 bits per heavy atom. The van der Waals surface area contributed by atoms with Crippen LogP contribution in [0.3, 0.4) is 0 Å². The van der Waals surface area contributed by atoms with Crippen molar-refractivity contribution in [2.45, 2.75) is 19.9 Å². The van der Waals surface area contributed by atoms with Crippen LogP contribution in [0.1, 0.15) is 10.6 Å². The molecule has 0 N–H and O–H groups in total. The number of rotatable bonds is 3. The van der Waals surface area contributed by atoms with Crippen LogP contribution in [0.25, 0.3) is 0 Å². The van der Waals surface area contributed by atoms with Gasteiger partial charge in [0.2, 0.25) is 0 Å². The third-order valence-corrected chi connectivity index (χ3v) is 6.09. The van der Waals surface area contributed by atoms with Gasteiger partial charge in [-0.2, -0.15) is 0 Å². The largest absolute Gasteiger partial charge is 0.354 e. The molecule has 2 aliphatic rings. The standard InChI is InChI=1S/C17H23N5S/c1-13-14(2)23-17(19-13)22-11-15(12-22)20-7-9-21(10-8-20)16-5-3-4-6-18-16/h3-6,15H,7-12H2,1-2H3. The van der Waals surface area contributed by atoms with E-state index in [0.29, 0.717) is 6.04 Å². The second-order valence-electron chi connectivity index (χ2n) is 6.41. The lowest BCUT2D eigenvalue weighted by Gasteiger charge is -2.48. The van der Waals surface area contributed by atoms with E-state index in [-0.39, 0.29) is 0 Å². The van der Waals surface area contributed by atoms with E-state index in [9.17, 15) is 0 Å². The van der Waals surface area contributed by atoms with Crippen molar-refractivity contribution in [1.29, 1.82) is 0 Å². The molecule has 0 atom stereocenters. The molecule has 23 heavy (non-hydrogen) atoms. The number of piperazine rings is 1. The normalized spacial score (nSPS) is 19.9. The van der Waals surface area contributed by atoms with Gasteiger partial charge >= 0.3 is 0 Å². The van der Waals surface area contributed by atoms with Gasteiger partial charge in [0, 0.05) is 56.4 Å². The van der Waals surface area contributed by atoms with Crippen LogP contribution in [0.15, 0.2) is 24.4 Å². The minimum atomic E-state index is 0.686. The summed E-state index contributed by atoms with van der Waals surface area (Å²) in [6.45, 7) is 10.9. The number of nitrogens with zero attached hydrogens (tertiary/aromatic N) is 5. The van der Waals surface area contributed by atoms with Crippen LogP contribution in [-0.2, 0) is 0 Å². The van der Waals surface area contributed by atoms with Gasteiger partial charge < -0.3 is 9.80 Å². The first kappa shape index (κ1) is 14.9. The molecule has 4 rings (SSSR count). The summed E-state index contributed by atoms with van der Waals surface area (Å²) in [7, 11) is 0. The topological polar surface area (TPSA) is 35.5 Å². The highest BCUT2D eigenvalue weighted by Gasteiger charge is 2.35. The highest BCUT2D eigenvalue weighted by atomic mass is 32.1. The number of hydrogen-bond acceptors (Lipinski definition) is 6. The first-order chi connectivity index (χ1) is 11.2. The van der Waals surface area contributed by atoms with Crippen LogP contribution in [0.2, 0.25) is 0 Å². The molecular formula is C17H23N5S. The van der Waals surface area contributed by atoms with Crippen molar-refractivity contribution in [2.24, 2.45) is 0 Å². The summed E-state index contributed by atoms with van der Waals surface area (Å²) in [5.41, 5.74) is 1.18. The zero-order valence-electron chi connectivity index (χ0n) is 13.8. The van der Waals surface area contributed by atoms with Gasteiger partial charge in [0.15, 0.2) is 5.13 Å². The van der Waals surface area contributed by atoms with E-state index in [0.717, 1.165) is 45.1 Å². The summed E-state index contributed by atoms with van der Waals surface area (Å²) in [5.74, 6) is 1.11. The summed E-state index contributed by atoms with van der Waals surface area (Å²) in [6, 6.07) is 6.83. The van der Waals surface area contributed by atoms with Crippen LogP contribution < -0.4 is 9.80 Å². The average Bonchev–Trinajstić information content (AvgIpc) is 2.86. The molecule has 0 unspecified atom stereocenters. The van der Waals surface area contributed by atoms with Gasteiger partial charge in [0.1, 0.15) is 5.82 Å². The van der Waals surface area contributed by atoms with E-state index in [4.69, 9.17) is 0 Å². The van der Waals surface area contributed by atoms with Crippen molar-refractivity contribution in [3.05, 3.63) is 35.0 Å². The molecule has 6 heteroatoms. The van der Waals surface area contributed by atoms with Gasteiger partial charge in [-0.1, -0.05) is 6.07 Å². The van der Waals surface area contributed by atoms with E-state index in [1.54, 1.807) is 0 Å². The van der Waals surface area contributed by atoms with Crippen LogP contribution >= 0.6 is 11.3 Å². The Balaban J connectivity index is 1.29. The maximum absolute atomic E-state index is 4.67. The van der Waals surface area contributed by atoms with Gasteiger partial charge in [-0.25, -0.2) is 9.97 Å². The van der Waals surface area contributed by atoms with E-state index in [1.807, 2.05) is 23.6 Å². The Morgan fingerprint density at radius 2 is 1.83 bits per heavy atom. The molecular weight excluding hydrogens is 306 g/mol. The summed E-state index contributed by atoms with van der Waals surface area (Å²) in [4.78, 5) is 17.9. The fourth-order valence-corrected chi connectivity index (χ4v) is 4.22.